The van der Waals surface area contributed by atoms with Gasteiger partial charge in [-0.3, -0.25) is 0 Å². The zero-order chi connectivity index (χ0) is 7.26. The van der Waals surface area contributed by atoms with Crippen molar-refractivity contribution in [1.29, 1.82) is 0 Å². The highest BCUT2D eigenvalue weighted by molar-refractivity contribution is 5.43. The monoisotopic (exact) mass is 145 g/mol. The van der Waals surface area contributed by atoms with E-state index in [1.165, 1.54) is 18.5 Å². The first-order valence-electron chi connectivity index (χ1n) is 4.31. The number of nitrogens with one attached hydrogen (secondary N) is 1. The molecule has 1 unspecified atom stereocenters. The maximum absolute atomic E-state index is 3.37. The highest BCUT2D eigenvalue weighted by atomic mass is 14.7. The molecular formula is C10H11N. The molecule has 11 heavy (non-hydrogen) atoms. The largest absolute Gasteiger partial charge is 0.364 e. The molecule has 1 aromatic rings. The number of aryl methyl sites for hydroxylation is 1. The van der Waals surface area contributed by atoms with Gasteiger partial charge in [0.1, 0.15) is 0 Å². The summed E-state index contributed by atoms with van der Waals surface area (Å²) in [5, 5.41) is 0. The van der Waals surface area contributed by atoms with Crippen LogP contribution >= 0.6 is 0 Å². The molecular weight excluding hydrogens is 134 g/mol. The van der Waals surface area contributed by atoms with Gasteiger partial charge < -0.3 is 4.98 Å². The van der Waals surface area contributed by atoms with E-state index in [4.69, 9.17) is 0 Å². The van der Waals surface area contributed by atoms with Crippen molar-refractivity contribution in [3.8, 4) is 0 Å². The highest BCUT2D eigenvalue weighted by Gasteiger charge is 2.24. The van der Waals surface area contributed by atoms with Crippen LogP contribution in [-0.4, -0.2) is 4.98 Å². The van der Waals surface area contributed by atoms with Crippen LogP contribution < -0.4 is 0 Å². The van der Waals surface area contributed by atoms with E-state index in [9.17, 15) is 0 Å². The fourth-order valence-corrected chi connectivity index (χ4v) is 2.31. The summed E-state index contributed by atoms with van der Waals surface area (Å²) in [5.41, 5.74) is 4.64. The van der Waals surface area contributed by atoms with Crippen molar-refractivity contribution in [3.63, 3.8) is 0 Å². The minimum absolute atomic E-state index is 0.734. The summed E-state index contributed by atoms with van der Waals surface area (Å²) in [6.07, 6.45) is 10.6. The Hall–Kier alpha value is -0.980. The Morgan fingerprint density at radius 2 is 2.45 bits per heavy atom. The van der Waals surface area contributed by atoms with Crippen molar-refractivity contribution in [2.45, 2.75) is 25.2 Å². The van der Waals surface area contributed by atoms with Crippen molar-refractivity contribution in [2.75, 3.05) is 0 Å². The number of hydrogen-bond donors (Lipinski definition) is 1. The van der Waals surface area contributed by atoms with Crippen LogP contribution in [0.2, 0.25) is 0 Å². The summed E-state index contributed by atoms with van der Waals surface area (Å²) in [5.74, 6) is 0.734. The normalized spacial score (nSPS) is 25.6. The molecule has 1 nitrogen and oxygen atoms in total. The Bertz CT molecular complexity index is 320. The van der Waals surface area contributed by atoms with E-state index < -0.39 is 0 Å². The van der Waals surface area contributed by atoms with Crippen LogP contribution in [0.25, 0.3) is 0 Å². The SMILES string of the molecule is C1=CC2CCc3[nH]cc2c3C1. The van der Waals surface area contributed by atoms with Gasteiger partial charge in [-0.2, -0.15) is 0 Å². The van der Waals surface area contributed by atoms with Crippen LogP contribution in [0.4, 0.5) is 0 Å². The van der Waals surface area contributed by atoms with Gasteiger partial charge in [0.25, 0.3) is 0 Å². The topological polar surface area (TPSA) is 15.8 Å². The molecule has 1 N–H and O–H groups in total. The van der Waals surface area contributed by atoms with Gasteiger partial charge in [-0.25, -0.2) is 0 Å². The lowest BCUT2D eigenvalue weighted by molar-refractivity contribution is 0.686. The maximum atomic E-state index is 3.37. The minimum Gasteiger partial charge on any atom is -0.364 e. The van der Waals surface area contributed by atoms with Gasteiger partial charge in [0.05, 0.1) is 0 Å². The molecule has 0 spiro atoms. The number of aromatic amines is 1. The van der Waals surface area contributed by atoms with Crippen molar-refractivity contribution in [3.05, 3.63) is 35.2 Å². The van der Waals surface area contributed by atoms with E-state index in [0.29, 0.717) is 0 Å². The summed E-state index contributed by atoms with van der Waals surface area (Å²) in [7, 11) is 0. The quantitative estimate of drug-likeness (QED) is 0.538. The van der Waals surface area contributed by atoms with E-state index in [-0.39, 0.29) is 0 Å². The Morgan fingerprint density at radius 1 is 1.45 bits per heavy atom. The van der Waals surface area contributed by atoms with E-state index in [2.05, 4.69) is 23.3 Å². The average Bonchev–Trinajstić information content (AvgIpc) is 2.28. The Kier molecular flexibility index (Phi) is 0.916. The average molecular weight is 145 g/mol. The first-order chi connectivity index (χ1) is 5.45. The maximum Gasteiger partial charge on any atom is 0.0186 e. The molecule has 3 rings (SSSR count). The fraction of sp³-hybridized carbons (Fsp3) is 0.400. The molecule has 56 valence electrons. The fourth-order valence-electron chi connectivity index (χ4n) is 2.31. The zero-order valence-electron chi connectivity index (χ0n) is 6.43. The number of aromatic nitrogens is 1. The van der Waals surface area contributed by atoms with Gasteiger partial charge >= 0.3 is 0 Å². The Morgan fingerprint density at radius 3 is 3.36 bits per heavy atom. The predicted octanol–water partition coefficient (Wildman–Crippen LogP) is 2.16. The smallest absolute Gasteiger partial charge is 0.0186 e. The highest BCUT2D eigenvalue weighted by Crippen LogP contribution is 2.37. The van der Waals surface area contributed by atoms with Gasteiger partial charge in [0.2, 0.25) is 0 Å². The lowest BCUT2D eigenvalue weighted by atomic mass is 9.82. The molecule has 0 aliphatic heterocycles. The molecule has 0 fully saturated rings. The van der Waals surface area contributed by atoms with E-state index in [0.717, 1.165) is 12.3 Å². The number of rotatable bonds is 0. The van der Waals surface area contributed by atoms with Crippen molar-refractivity contribution in [1.82, 2.24) is 4.98 Å². The lowest BCUT2D eigenvalue weighted by Crippen LogP contribution is -2.10. The van der Waals surface area contributed by atoms with Crippen LogP contribution in [0.15, 0.2) is 18.3 Å². The minimum atomic E-state index is 0.734. The molecule has 0 saturated carbocycles. The van der Waals surface area contributed by atoms with Crippen molar-refractivity contribution < 1.29 is 0 Å². The lowest BCUT2D eigenvalue weighted by Gasteiger charge is -2.22. The van der Waals surface area contributed by atoms with E-state index >= 15 is 0 Å². The molecule has 4 bridgehead atoms. The molecule has 1 aromatic heterocycles. The molecule has 0 aromatic carbocycles. The number of allylic oxidation sites excluding steroid dienone is 2. The first kappa shape index (κ1) is 5.64. The van der Waals surface area contributed by atoms with Gasteiger partial charge in [0.15, 0.2) is 0 Å². The second-order valence-corrected chi connectivity index (χ2v) is 3.48. The zero-order valence-corrected chi connectivity index (χ0v) is 6.43. The van der Waals surface area contributed by atoms with Gasteiger partial charge in [0, 0.05) is 17.8 Å². The van der Waals surface area contributed by atoms with Gasteiger partial charge in [-0.05, 0) is 30.4 Å². The van der Waals surface area contributed by atoms with Crippen LogP contribution in [0.1, 0.15) is 29.2 Å². The summed E-state index contributed by atoms with van der Waals surface area (Å²) in [6, 6.07) is 0. The number of H-pyrrole nitrogens is 1. The second kappa shape index (κ2) is 1.79. The van der Waals surface area contributed by atoms with Gasteiger partial charge in [-0.1, -0.05) is 12.2 Å². The first-order valence-corrected chi connectivity index (χ1v) is 4.31. The molecule has 1 heteroatoms. The summed E-state index contributed by atoms with van der Waals surface area (Å²) in [6.45, 7) is 0. The third-order valence-electron chi connectivity index (χ3n) is 2.91. The third-order valence-corrected chi connectivity index (χ3v) is 2.91. The molecule has 1 heterocycles. The van der Waals surface area contributed by atoms with Crippen LogP contribution in [0, 0.1) is 0 Å². The van der Waals surface area contributed by atoms with Crippen LogP contribution in [0.3, 0.4) is 0 Å². The van der Waals surface area contributed by atoms with Crippen molar-refractivity contribution >= 4 is 0 Å². The number of hydrogen-bond acceptors (Lipinski definition) is 0. The molecule has 0 saturated heterocycles. The van der Waals surface area contributed by atoms with E-state index in [1.807, 2.05) is 0 Å². The third kappa shape index (κ3) is 0.609. The predicted molar refractivity (Wildman–Crippen MR) is 44.7 cm³/mol. The summed E-state index contributed by atoms with van der Waals surface area (Å²) >= 11 is 0. The van der Waals surface area contributed by atoms with Crippen LogP contribution in [-0.2, 0) is 12.8 Å². The molecule has 0 radical (unpaired) electrons. The molecule has 2 aliphatic rings. The van der Waals surface area contributed by atoms with Gasteiger partial charge in [-0.15, -0.1) is 0 Å². The van der Waals surface area contributed by atoms with E-state index in [1.54, 1.807) is 11.1 Å². The van der Waals surface area contributed by atoms with Crippen LogP contribution in [0.5, 0.6) is 0 Å². The standard InChI is InChI=1S/C10H11N/c1-2-7-4-5-10-8(3-1)9(7)6-11-10/h1-2,6-7,11H,3-5H2. The van der Waals surface area contributed by atoms with Crippen molar-refractivity contribution in [2.24, 2.45) is 0 Å². The molecule has 0 amide bonds. The Balaban J connectivity index is 2.29. The molecule has 1 atom stereocenters. The Labute approximate surface area is 66.1 Å². The summed E-state index contributed by atoms with van der Waals surface area (Å²) < 4.78 is 0. The summed E-state index contributed by atoms with van der Waals surface area (Å²) in [4.78, 5) is 3.37. The second-order valence-electron chi connectivity index (χ2n) is 3.48. The molecule has 2 aliphatic carbocycles.